The number of nitrogens with zero attached hydrogens (tertiary/aromatic N) is 4. The number of hydrogen-bond acceptors (Lipinski definition) is 7. The molecule has 3 heterocycles. The predicted octanol–water partition coefficient (Wildman–Crippen LogP) is 4.56. The third kappa shape index (κ3) is 5.22. The predicted molar refractivity (Wildman–Crippen MR) is 154 cm³/mol. The van der Waals surface area contributed by atoms with Gasteiger partial charge >= 0.3 is 0 Å². The highest BCUT2D eigenvalue weighted by molar-refractivity contribution is 7.92. The van der Waals surface area contributed by atoms with E-state index in [1.807, 2.05) is 24.3 Å². The number of carbonyl (C=O) groups excluding carboxylic acids is 1. The van der Waals surface area contributed by atoms with Crippen LogP contribution in [0.3, 0.4) is 0 Å². The van der Waals surface area contributed by atoms with Gasteiger partial charge in [0.15, 0.2) is 5.13 Å². The summed E-state index contributed by atoms with van der Waals surface area (Å²) in [7, 11) is -3.77. The first-order chi connectivity index (χ1) is 19.4. The number of amides is 1. The summed E-state index contributed by atoms with van der Waals surface area (Å²) in [4.78, 5) is 22.2. The van der Waals surface area contributed by atoms with Crippen LogP contribution in [-0.4, -0.2) is 70.1 Å². The van der Waals surface area contributed by atoms with Crippen molar-refractivity contribution in [2.45, 2.75) is 17.7 Å². The van der Waals surface area contributed by atoms with Crippen LogP contribution < -0.4 is 9.21 Å². The van der Waals surface area contributed by atoms with Gasteiger partial charge in [-0.25, -0.2) is 17.8 Å². The third-order valence-corrected chi connectivity index (χ3v) is 10.2. The van der Waals surface area contributed by atoms with Crippen LogP contribution in [0.4, 0.5) is 15.2 Å². The van der Waals surface area contributed by atoms with E-state index in [-0.39, 0.29) is 16.3 Å². The lowest BCUT2D eigenvalue weighted by Crippen LogP contribution is -2.39. The number of hydrogen-bond donors (Lipinski definition) is 0. The van der Waals surface area contributed by atoms with Crippen LogP contribution in [0.25, 0.3) is 10.2 Å². The third-order valence-electron chi connectivity index (χ3n) is 7.33. The van der Waals surface area contributed by atoms with Crippen molar-refractivity contribution in [2.75, 3.05) is 55.1 Å². The van der Waals surface area contributed by atoms with Crippen LogP contribution >= 0.6 is 11.3 Å². The van der Waals surface area contributed by atoms with Gasteiger partial charge in [-0.3, -0.25) is 18.9 Å². The molecule has 1 saturated heterocycles. The molecule has 3 aromatic carbocycles. The Morgan fingerprint density at radius 2 is 1.77 bits per heavy atom. The van der Waals surface area contributed by atoms with Gasteiger partial charge in [0.05, 0.1) is 28.5 Å². The lowest BCUT2D eigenvalue weighted by molar-refractivity contribution is 0.0376. The molecule has 40 heavy (non-hydrogen) atoms. The number of morpholine rings is 1. The molecule has 0 N–H and O–H groups in total. The molecule has 2 aliphatic rings. The van der Waals surface area contributed by atoms with Gasteiger partial charge in [0.2, 0.25) is 0 Å². The van der Waals surface area contributed by atoms with E-state index in [2.05, 4.69) is 9.88 Å². The fourth-order valence-electron chi connectivity index (χ4n) is 5.19. The van der Waals surface area contributed by atoms with E-state index in [4.69, 9.17) is 4.74 Å². The summed E-state index contributed by atoms with van der Waals surface area (Å²) in [6, 6.07) is 18.3. The number of carbonyl (C=O) groups is 1. The zero-order chi connectivity index (χ0) is 27.7. The van der Waals surface area contributed by atoms with E-state index in [1.54, 1.807) is 29.2 Å². The van der Waals surface area contributed by atoms with Gasteiger partial charge in [-0.2, -0.15) is 0 Å². The van der Waals surface area contributed by atoms with Crippen LogP contribution in [0.5, 0.6) is 0 Å². The number of ether oxygens (including phenoxy) is 1. The quantitative estimate of drug-likeness (QED) is 0.304. The molecule has 0 unspecified atom stereocenters. The number of thiazole rings is 1. The number of aromatic nitrogens is 1. The van der Waals surface area contributed by atoms with Crippen LogP contribution in [0.1, 0.15) is 22.3 Å². The maximum atomic E-state index is 14.4. The molecule has 0 saturated carbocycles. The molecule has 1 aromatic heterocycles. The van der Waals surface area contributed by atoms with Crippen molar-refractivity contribution < 1.29 is 22.3 Å². The first-order valence-corrected chi connectivity index (χ1v) is 15.6. The summed E-state index contributed by atoms with van der Waals surface area (Å²) in [5, 5.41) is 0.414. The molecule has 6 rings (SSSR count). The number of halogens is 1. The Morgan fingerprint density at radius 1 is 1.00 bits per heavy atom. The molecular weight excluding hydrogens is 551 g/mol. The fourth-order valence-corrected chi connectivity index (χ4v) is 7.70. The lowest BCUT2D eigenvalue weighted by atomic mass is 10.2. The molecule has 1 fully saturated rings. The average Bonchev–Trinajstić information content (AvgIpc) is 3.62. The summed E-state index contributed by atoms with van der Waals surface area (Å²) >= 11 is 1.26. The summed E-state index contributed by atoms with van der Waals surface area (Å²) < 4.78 is 48.8. The van der Waals surface area contributed by atoms with Gasteiger partial charge in [0, 0.05) is 38.3 Å². The van der Waals surface area contributed by atoms with Gasteiger partial charge in [0.1, 0.15) is 11.3 Å². The molecule has 0 radical (unpaired) electrons. The Kier molecular flexibility index (Phi) is 7.54. The van der Waals surface area contributed by atoms with E-state index in [1.165, 1.54) is 33.8 Å². The standard InChI is InChI=1S/C29H29FN4O4S2/c30-24-6-3-8-26-27(24)31-29(39-26)33(15-4-14-32-17-19-38-20-18-32)28(35)22-9-11-23(12-10-22)40(36,37)34-16-13-21-5-1-2-7-25(21)34/h1-3,5-12H,4,13-20H2. The van der Waals surface area contributed by atoms with Gasteiger partial charge in [0.25, 0.3) is 15.9 Å². The zero-order valence-corrected chi connectivity index (χ0v) is 23.5. The van der Waals surface area contributed by atoms with Crippen molar-refractivity contribution in [3.05, 3.63) is 83.7 Å². The van der Waals surface area contributed by atoms with E-state index < -0.39 is 15.8 Å². The number of benzene rings is 3. The number of sulfonamides is 1. The first-order valence-electron chi connectivity index (χ1n) is 13.3. The number of para-hydroxylation sites is 2. The maximum Gasteiger partial charge on any atom is 0.264 e. The zero-order valence-electron chi connectivity index (χ0n) is 21.8. The highest BCUT2D eigenvalue weighted by Crippen LogP contribution is 2.34. The molecule has 11 heteroatoms. The SMILES string of the molecule is O=C(c1ccc(S(=O)(=O)N2CCc3ccccc32)cc1)N(CCCN1CCOCC1)c1nc2c(F)cccc2s1. The van der Waals surface area contributed by atoms with Gasteiger partial charge < -0.3 is 4.74 Å². The molecule has 2 aliphatic heterocycles. The fraction of sp³-hybridized carbons (Fsp3) is 0.310. The minimum atomic E-state index is -3.77. The van der Waals surface area contributed by atoms with Crippen molar-refractivity contribution in [1.29, 1.82) is 0 Å². The van der Waals surface area contributed by atoms with Crippen molar-refractivity contribution in [2.24, 2.45) is 0 Å². The smallest absolute Gasteiger partial charge is 0.264 e. The minimum Gasteiger partial charge on any atom is -0.379 e. The summed E-state index contributed by atoms with van der Waals surface area (Å²) in [5.74, 6) is -0.740. The van der Waals surface area contributed by atoms with Gasteiger partial charge in [-0.05, 0) is 60.9 Å². The Hall–Kier alpha value is -3.38. The summed E-state index contributed by atoms with van der Waals surface area (Å²) in [5.41, 5.74) is 2.27. The average molecular weight is 581 g/mol. The van der Waals surface area contributed by atoms with Crippen LogP contribution in [0.15, 0.2) is 71.6 Å². The molecule has 1 amide bonds. The minimum absolute atomic E-state index is 0.127. The molecule has 208 valence electrons. The van der Waals surface area contributed by atoms with E-state index >= 15 is 0 Å². The largest absolute Gasteiger partial charge is 0.379 e. The molecule has 0 aliphatic carbocycles. The maximum absolute atomic E-state index is 14.4. The van der Waals surface area contributed by atoms with Crippen LogP contribution in [-0.2, 0) is 21.2 Å². The topological polar surface area (TPSA) is 83.1 Å². The monoisotopic (exact) mass is 580 g/mol. The molecule has 4 aromatic rings. The molecular formula is C29H29FN4O4S2. The molecule has 0 spiro atoms. The Bertz CT molecular complexity index is 1640. The normalized spacial score (nSPS) is 15.9. The second kappa shape index (κ2) is 11.2. The second-order valence-electron chi connectivity index (χ2n) is 9.83. The van der Waals surface area contributed by atoms with Crippen molar-refractivity contribution >= 4 is 48.3 Å². The molecule has 8 nitrogen and oxygen atoms in total. The van der Waals surface area contributed by atoms with Crippen LogP contribution in [0, 0.1) is 5.82 Å². The van der Waals surface area contributed by atoms with E-state index in [9.17, 15) is 17.6 Å². The highest BCUT2D eigenvalue weighted by Gasteiger charge is 2.31. The van der Waals surface area contributed by atoms with E-state index in [0.29, 0.717) is 60.2 Å². The van der Waals surface area contributed by atoms with Gasteiger partial charge in [-0.15, -0.1) is 0 Å². The second-order valence-corrected chi connectivity index (χ2v) is 12.7. The lowest BCUT2D eigenvalue weighted by Gasteiger charge is -2.27. The Labute approximate surface area is 236 Å². The van der Waals surface area contributed by atoms with E-state index in [0.717, 1.165) is 25.2 Å². The Balaban J connectivity index is 1.25. The van der Waals surface area contributed by atoms with Crippen molar-refractivity contribution in [3.8, 4) is 0 Å². The van der Waals surface area contributed by atoms with Crippen molar-refractivity contribution in [1.82, 2.24) is 9.88 Å². The summed E-state index contributed by atoms with van der Waals surface area (Å²) in [6.07, 6.45) is 1.36. The first kappa shape index (κ1) is 26.8. The summed E-state index contributed by atoms with van der Waals surface area (Å²) in [6.45, 7) is 4.64. The number of anilines is 2. The Morgan fingerprint density at radius 3 is 2.55 bits per heavy atom. The van der Waals surface area contributed by atoms with Crippen LogP contribution in [0.2, 0.25) is 0 Å². The number of fused-ring (bicyclic) bond motifs is 2. The highest BCUT2D eigenvalue weighted by atomic mass is 32.2. The number of rotatable bonds is 8. The van der Waals surface area contributed by atoms with Crippen molar-refractivity contribution in [3.63, 3.8) is 0 Å². The molecule has 0 bridgehead atoms. The molecule has 0 atom stereocenters. The van der Waals surface area contributed by atoms with Gasteiger partial charge in [-0.1, -0.05) is 35.6 Å².